The number of benzene rings is 1. The molecule has 1 heterocycles. The lowest BCUT2D eigenvalue weighted by Gasteiger charge is -2.30. The molecule has 0 saturated carbocycles. The van der Waals surface area contributed by atoms with Crippen molar-refractivity contribution in [2.24, 2.45) is 4.99 Å². The van der Waals surface area contributed by atoms with Crippen molar-refractivity contribution >= 4 is 11.6 Å². The quantitative estimate of drug-likeness (QED) is 0.657. The van der Waals surface area contributed by atoms with Crippen molar-refractivity contribution in [1.82, 2.24) is 4.90 Å². The standard InChI is InChI=1S/C14H21N3O/c1-2-8-15-14(17-9-11-18-12-10-17)16-13-6-4-3-5-7-13/h3-7H,2,8-12H2,1H3,(H,15,16). The number of hydrogen-bond acceptors (Lipinski definition) is 2. The van der Waals surface area contributed by atoms with Crippen molar-refractivity contribution < 1.29 is 4.74 Å². The molecular weight excluding hydrogens is 226 g/mol. The third-order valence-electron chi connectivity index (χ3n) is 2.83. The SMILES string of the molecule is CCCN=C(Nc1ccccc1)N1CCOCC1. The molecule has 18 heavy (non-hydrogen) atoms. The minimum Gasteiger partial charge on any atom is -0.378 e. The Labute approximate surface area is 109 Å². The molecule has 1 aromatic carbocycles. The van der Waals surface area contributed by atoms with E-state index in [4.69, 9.17) is 4.74 Å². The van der Waals surface area contributed by atoms with E-state index in [0.717, 1.165) is 50.9 Å². The Morgan fingerprint density at radius 2 is 2.00 bits per heavy atom. The molecule has 2 rings (SSSR count). The molecule has 1 aromatic rings. The maximum absolute atomic E-state index is 5.38. The van der Waals surface area contributed by atoms with Crippen LogP contribution < -0.4 is 5.32 Å². The first-order valence-electron chi connectivity index (χ1n) is 6.59. The second-order valence-corrected chi connectivity index (χ2v) is 4.30. The highest BCUT2D eigenvalue weighted by atomic mass is 16.5. The molecule has 0 aliphatic carbocycles. The van der Waals surface area contributed by atoms with E-state index >= 15 is 0 Å². The first kappa shape index (κ1) is 12.9. The van der Waals surface area contributed by atoms with Crippen LogP contribution in [0, 0.1) is 0 Å². The third kappa shape index (κ3) is 3.74. The molecule has 0 atom stereocenters. The molecule has 4 heteroatoms. The van der Waals surface area contributed by atoms with Crippen LogP contribution in [0.1, 0.15) is 13.3 Å². The van der Waals surface area contributed by atoms with Crippen LogP contribution in [0.4, 0.5) is 5.69 Å². The molecule has 98 valence electrons. The monoisotopic (exact) mass is 247 g/mol. The van der Waals surface area contributed by atoms with E-state index in [0.29, 0.717) is 0 Å². The summed E-state index contributed by atoms with van der Waals surface area (Å²) in [6.07, 6.45) is 1.06. The van der Waals surface area contributed by atoms with E-state index in [2.05, 4.69) is 34.3 Å². The Hall–Kier alpha value is -1.55. The zero-order chi connectivity index (χ0) is 12.6. The van der Waals surface area contributed by atoms with Gasteiger partial charge in [0.25, 0.3) is 0 Å². The first-order valence-corrected chi connectivity index (χ1v) is 6.59. The summed E-state index contributed by atoms with van der Waals surface area (Å²) in [7, 11) is 0. The Morgan fingerprint density at radius 1 is 1.28 bits per heavy atom. The molecule has 1 aliphatic rings. The fourth-order valence-electron chi connectivity index (χ4n) is 1.86. The van der Waals surface area contributed by atoms with Crippen LogP contribution in [0.5, 0.6) is 0 Å². The van der Waals surface area contributed by atoms with Gasteiger partial charge in [0, 0.05) is 25.3 Å². The van der Waals surface area contributed by atoms with Crippen molar-refractivity contribution in [1.29, 1.82) is 0 Å². The van der Waals surface area contributed by atoms with Gasteiger partial charge in [-0.15, -0.1) is 0 Å². The Bertz CT molecular complexity index is 372. The number of anilines is 1. The van der Waals surface area contributed by atoms with E-state index in [1.807, 2.05) is 18.2 Å². The molecule has 4 nitrogen and oxygen atoms in total. The van der Waals surface area contributed by atoms with E-state index in [1.54, 1.807) is 0 Å². The molecule has 0 bridgehead atoms. The van der Waals surface area contributed by atoms with Gasteiger partial charge in [0.1, 0.15) is 0 Å². The summed E-state index contributed by atoms with van der Waals surface area (Å²) < 4.78 is 5.38. The van der Waals surface area contributed by atoms with Gasteiger partial charge in [-0.25, -0.2) is 0 Å². The molecule has 1 N–H and O–H groups in total. The fraction of sp³-hybridized carbons (Fsp3) is 0.500. The van der Waals surface area contributed by atoms with Gasteiger partial charge in [-0.1, -0.05) is 25.1 Å². The number of aliphatic imine (C=N–C) groups is 1. The summed E-state index contributed by atoms with van der Waals surface area (Å²) in [5.74, 6) is 0.964. The normalized spacial score (nSPS) is 16.7. The zero-order valence-corrected chi connectivity index (χ0v) is 10.9. The lowest BCUT2D eigenvalue weighted by molar-refractivity contribution is 0.0679. The van der Waals surface area contributed by atoms with E-state index in [9.17, 15) is 0 Å². The van der Waals surface area contributed by atoms with Gasteiger partial charge in [0.05, 0.1) is 13.2 Å². The van der Waals surface area contributed by atoms with Crippen molar-refractivity contribution in [3.05, 3.63) is 30.3 Å². The highest BCUT2D eigenvalue weighted by molar-refractivity contribution is 5.93. The van der Waals surface area contributed by atoms with Crippen LogP contribution in [0.3, 0.4) is 0 Å². The second kappa shape index (κ2) is 7.01. The summed E-state index contributed by atoms with van der Waals surface area (Å²) in [4.78, 5) is 6.89. The third-order valence-corrected chi connectivity index (χ3v) is 2.83. The molecule has 1 fully saturated rings. The average molecular weight is 247 g/mol. The molecular formula is C14H21N3O. The van der Waals surface area contributed by atoms with E-state index in [1.165, 1.54) is 0 Å². The lowest BCUT2D eigenvalue weighted by Crippen LogP contribution is -2.44. The van der Waals surface area contributed by atoms with Gasteiger partial charge < -0.3 is 15.0 Å². The van der Waals surface area contributed by atoms with Crippen LogP contribution in [0.25, 0.3) is 0 Å². The number of nitrogens with one attached hydrogen (secondary N) is 1. The number of morpholine rings is 1. The fourth-order valence-corrected chi connectivity index (χ4v) is 1.86. The number of guanidine groups is 1. The van der Waals surface area contributed by atoms with Crippen molar-refractivity contribution in [2.75, 3.05) is 38.2 Å². The van der Waals surface area contributed by atoms with Crippen LogP contribution in [0.2, 0.25) is 0 Å². The molecule has 0 amide bonds. The summed E-state index contributed by atoms with van der Waals surface area (Å²) >= 11 is 0. The molecule has 1 aliphatic heterocycles. The smallest absolute Gasteiger partial charge is 0.198 e. The number of rotatable bonds is 3. The van der Waals surface area contributed by atoms with Gasteiger partial charge in [-0.2, -0.15) is 0 Å². The van der Waals surface area contributed by atoms with Crippen LogP contribution in [-0.4, -0.2) is 43.7 Å². The highest BCUT2D eigenvalue weighted by Gasteiger charge is 2.14. The largest absolute Gasteiger partial charge is 0.378 e. The zero-order valence-electron chi connectivity index (χ0n) is 10.9. The minimum absolute atomic E-state index is 0.779. The molecule has 0 radical (unpaired) electrons. The summed E-state index contributed by atoms with van der Waals surface area (Å²) in [5, 5.41) is 3.40. The molecule has 1 saturated heterocycles. The predicted octanol–water partition coefficient (Wildman–Crippen LogP) is 2.20. The Balaban J connectivity index is 2.05. The van der Waals surface area contributed by atoms with Crippen molar-refractivity contribution in [2.45, 2.75) is 13.3 Å². The van der Waals surface area contributed by atoms with Crippen LogP contribution in [0.15, 0.2) is 35.3 Å². The summed E-state index contributed by atoms with van der Waals surface area (Å²) in [5.41, 5.74) is 1.08. The van der Waals surface area contributed by atoms with Crippen LogP contribution >= 0.6 is 0 Å². The molecule has 0 spiro atoms. The number of ether oxygens (including phenoxy) is 1. The minimum atomic E-state index is 0.779. The lowest BCUT2D eigenvalue weighted by atomic mass is 10.3. The van der Waals surface area contributed by atoms with E-state index < -0.39 is 0 Å². The summed E-state index contributed by atoms with van der Waals surface area (Å²) in [6.45, 7) is 6.36. The van der Waals surface area contributed by atoms with Crippen LogP contribution in [-0.2, 0) is 4.74 Å². The van der Waals surface area contributed by atoms with Gasteiger partial charge in [0.15, 0.2) is 5.96 Å². The first-order chi connectivity index (χ1) is 8.90. The number of hydrogen-bond donors (Lipinski definition) is 1. The maximum Gasteiger partial charge on any atom is 0.198 e. The van der Waals surface area contributed by atoms with Gasteiger partial charge >= 0.3 is 0 Å². The van der Waals surface area contributed by atoms with Gasteiger partial charge in [-0.3, -0.25) is 4.99 Å². The van der Waals surface area contributed by atoms with Crippen molar-refractivity contribution in [3.63, 3.8) is 0 Å². The molecule has 0 unspecified atom stereocenters. The summed E-state index contributed by atoms with van der Waals surface area (Å²) in [6, 6.07) is 10.2. The predicted molar refractivity (Wildman–Crippen MR) is 75.0 cm³/mol. The maximum atomic E-state index is 5.38. The average Bonchev–Trinajstić information content (AvgIpc) is 2.45. The second-order valence-electron chi connectivity index (χ2n) is 4.30. The Morgan fingerprint density at radius 3 is 2.67 bits per heavy atom. The number of nitrogens with zero attached hydrogens (tertiary/aromatic N) is 2. The molecule has 0 aromatic heterocycles. The highest BCUT2D eigenvalue weighted by Crippen LogP contribution is 2.08. The Kier molecular flexibility index (Phi) is 5.02. The van der Waals surface area contributed by atoms with Crippen molar-refractivity contribution in [3.8, 4) is 0 Å². The number of para-hydroxylation sites is 1. The van der Waals surface area contributed by atoms with E-state index in [-0.39, 0.29) is 0 Å². The van der Waals surface area contributed by atoms with Gasteiger partial charge in [0.2, 0.25) is 0 Å². The topological polar surface area (TPSA) is 36.9 Å². The van der Waals surface area contributed by atoms with Gasteiger partial charge in [-0.05, 0) is 18.6 Å².